The predicted molar refractivity (Wildman–Crippen MR) is 102 cm³/mol. The minimum absolute atomic E-state index is 0.160. The Kier molecular flexibility index (Phi) is 6.87. The maximum Gasteiger partial charge on any atom is 0.258 e. The molecule has 142 valence electrons. The number of rotatable bonds is 10. The van der Waals surface area contributed by atoms with Crippen molar-refractivity contribution < 1.29 is 14.1 Å². The highest BCUT2D eigenvalue weighted by Gasteiger charge is 2.11. The molecule has 27 heavy (non-hydrogen) atoms. The number of hydrogen-bond acceptors (Lipinski definition) is 4. The summed E-state index contributed by atoms with van der Waals surface area (Å²) in [7, 11) is 0. The van der Waals surface area contributed by atoms with Gasteiger partial charge in [-0.3, -0.25) is 4.79 Å². The lowest BCUT2D eigenvalue weighted by molar-refractivity contribution is -0.732. The van der Waals surface area contributed by atoms with Gasteiger partial charge < -0.3 is 10.1 Å². The Morgan fingerprint density at radius 3 is 2.96 bits per heavy atom. The molecule has 1 aromatic carbocycles. The number of hydrogen-bond donors (Lipinski definition) is 1. The minimum Gasteiger partial charge on any atom is -0.332 e. The number of amides is 1. The van der Waals surface area contributed by atoms with Gasteiger partial charge in [0.05, 0.1) is 12.1 Å². The predicted octanol–water partition coefficient (Wildman–Crippen LogP) is 2.66. The molecule has 0 unspecified atom stereocenters. The number of carbonyl (C=O) groups excluding carboxylic acids is 1. The Morgan fingerprint density at radius 1 is 1.19 bits per heavy atom. The van der Waals surface area contributed by atoms with Crippen molar-refractivity contribution in [2.45, 2.75) is 46.0 Å². The molecule has 2 heterocycles. The number of fused-ring (bicyclic) bond motifs is 1. The van der Waals surface area contributed by atoms with Crippen LogP contribution in [0.15, 0.2) is 48.8 Å². The second kappa shape index (κ2) is 9.78. The van der Waals surface area contributed by atoms with Crippen molar-refractivity contribution in [1.82, 2.24) is 20.3 Å². The van der Waals surface area contributed by atoms with Crippen molar-refractivity contribution in [2.24, 2.45) is 0 Å². The van der Waals surface area contributed by atoms with Crippen molar-refractivity contribution in [3.8, 4) is 0 Å². The highest BCUT2D eigenvalue weighted by Crippen LogP contribution is 2.08. The number of pyridine rings is 1. The van der Waals surface area contributed by atoms with Gasteiger partial charge in [0.25, 0.3) is 12.6 Å². The van der Waals surface area contributed by atoms with Crippen molar-refractivity contribution in [2.75, 3.05) is 6.61 Å². The standard InChI is InChI=1S/C20H25N5O2/c1-2-3-4-7-13-27-16-24-12-8-9-17(14-24)20(26)21-15-25-19-11-6-5-10-18(19)22-23-25/h5-6,8-12,14H,2-4,7,13,15-16H2,1H3/p+1. The quantitative estimate of drug-likeness (QED) is 0.441. The summed E-state index contributed by atoms with van der Waals surface area (Å²) in [6, 6.07) is 11.3. The van der Waals surface area contributed by atoms with E-state index >= 15 is 0 Å². The molecule has 1 amide bonds. The summed E-state index contributed by atoms with van der Waals surface area (Å²) in [6.45, 7) is 3.64. The molecule has 0 fully saturated rings. The van der Waals surface area contributed by atoms with Crippen molar-refractivity contribution in [3.05, 3.63) is 54.4 Å². The van der Waals surface area contributed by atoms with E-state index in [0.29, 0.717) is 12.3 Å². The second-order valence-corrected chi connectivity index (χ2v) is 6.45. The van der Waals surface area contributed by atoms with Crippen LogP contribution in [0.1, 0.15) is 43.0 Å². The molecule has 0 atom stereocenters. The third-order valence-electron chi connectivity index (χ3n) is 4.31. The average Bonchev–Trinajstić information content (AvgIpc) is 3.12. The number of unbranched alkanes of at least 4 members (excludes halogenated alkanes) is 3. The van der Waals surface area contributed by atoms with Crippen molar-refractivity contribution in [3.63, 3.8) is 0 Å². The van der Waals surface area contributed by atoms with E-state index in [9.17, 15) is 4.79 Å². The molecule has 3 aromatic rings. The normalized spacial score (nSPS) is 11.0. The van der Waals surface area contributed by atoms with Gasteiger partial charge in [-0.2, -0.15) is 4.57 Å². The zero-order valence-electron chi connectivity index (χ0n) is 15.7. The second-order valence-electron chi connectivity index (χ2n) is 6.45. The molecule has 0 bridgehead atoms. The number of benzene rings is 1. The molecule has 0 aliphatic rings. The third kappa shape index (κ3) is 5.34. The zero-order chi connectivity index (χ0) is 18.9. The molecule has 0 radical (unpaired) electrons. The first-order valence-corrected chi connectivity index (χ1v) is 9.41. The Hall–Kier alpha value is -2.80. The van der Waals surface area contributed by atoms with E-state index in [1.54, 1.807) is 16.9 Å². The fraction of sp³-hybridized carbons (Fsp3) is 0.400. The molecular weight excluding hydrogens is 342 g/mol. The molecule has 1 N–H and O–H groups in total. The fourth-order valence-corrected chi connectivity index (χ4v) is 2.82. The molecule has 2 aromatic heterocycles. The van der Waals surface area contributed by atoms with Crippen LogP contribution in [0.4, 0.5) is 0 Å². The molecule has 0 aliphatic heterocycles. The maximum absolute atomic E-state index is 12.4. The highest BCUT2D eigenvalue weighted by atomic mass is 16.5. The number of nitrogens with zero attached hydrogens (tertiary/aromatic N) is 4. The molecular formula is C20H26N5O2+. The Balaban J connectivity index is 1.51. The Morgan fingerprint density at radius 2 is 2.07 bits per heavy atom. The van der Waals surface area contributed by atoms with Gasteiger partial charge in [-0.1, -0.05) is 43.5 Å². The van der Waals surface area contributed by atoms with Gasteiger partial charge in [-0.15, -0.1) is 5.10 Å². The summed E-state index contributed by atoms with van der Waals surface area (Å²) in [4.78, 5) is 12.4. The van der Waals surface area contributed by atoms with Crippen LogP contribution in [-0.2, 0) is 18.1 Å². The monoisotopic (exact) mass is 368 g/mol. The maximum atomic E-state index is 12.4. The minimum atomic E-state index is -0.160. The summed E-state index contributed by atoms with van der Waals surface area (Å²) in [5, 5.41) is 11.0. The molecule has 7 heteroatoms. The van der Waals surface area contributed by atoms with Gasteiger partial charge in [0.2, 0.25) is 0 Å². The molecule has 0 aliphatic carbocycles. The lowest BCUT2D eigenvalue weighted by Crippen LogP contribution is -2.37. The van der Waals surface area contributed by atoms with E-state index in [2.05, 4.69) is 22.6 Å². The van der Waals surface area contributed by atoms with Crippen LogP contribution >= 0.6 is 0 Å². The fourth-order valence-electron chi connectivity index (χ4n) is 2.82. The number of nitrogens with one attached hydrogen (secondary N) is 1. The van der Waals surface area contributed by atoms with E-state index in [1.807, 2.05) is 41.1 Å². The van der Waals surface area contributed by atoms with Crippen LogP contribution in [0.2, 0.25) is 0 Å². The van der Waals surface area contributed by atoms with Gasteiger partial charge in [0.15, 0.2) is 12.4 Å². The highest BCUT2D eigenvalue weighted by molar-refractivity contribution is 5.93. The molecule has 0 saturated carbocycles. The van der Waals surface area contributed by atoms with Crippen LogP contribution < -0.4 is 9.88 Å². The Labute approximate surface area is 159 Å². The smallest absolute Gasteiger partial charge is 0.258 e. The lowest BCUT2D eigenvalue weighted by Gasteiger charge is -2.06. The van der Waals surface area contributed by atoms with Gasteiger partial charge in [-0.05, 0) is 24.6 Å². The largest absolute Gasteiger partial charge is 0.332 e. The summed E-state index contributed by atoms with van der Waals surface area (Å²) < 4.78 is 9.22. The third-order valence-corrected chi connectivity index (χ3v) is 4.31. The first-order valence-electron chi connectivity index (χ1n) is 9.41. The van der Waals surface area contributed by atoms with Crippen LogP contribution in [0.5, 0.6) is 0 Å². The van der Waals surface area contributed by atoms with Gasteiger partial charge in [0, 0.05) is 6.07 Å². The van der Waals surface area contributed by atoms with Crippen molar-refractivity contribution >= 4 is 16.9 Å². The van der Waals surface area contributed by atoms with E-state index in [4.69, 9.17) is 4.74 Å². The zero-order valence-corrected chi connectivity index (χ0v) is 15.7. The number of aromatic nitrogens is 4. The summed E-state index contributed by atoms with van der Waals surface area (Å²) in [6.07, 6.45) is 8.42. The van der Waals surface area contributed by atoms with E-state index < -0.39 is 0 Å². The van der Waals surface area contributed by atoms with E-state index in [0.717, 1.165) is 24.1 Å². The number of ether oxygens (including phenoxy) is 1. The van der Waals surface area contributed by atoms with Crippen LogP contribution in [-0.4, -0.2) is 27.5 Å². The summed E-state index contributed by atoms with van der Waals surface area (Å²) >= 11 is 0. The molecule has 0 saturated heterocycles. The first-order chi connectivity index (χ1) is 13.3. The van der Waals surface area contributed by atoms with Crippen LogP contribution in [0.25, 0.3) is 11.0 Å². The summed E-state index contributed by atoms with van der Waals surface area (Å²) in [5.41, 5.74) is 2.27. The summed E-state index contributed by atoms with van der Waals surface area (Å²) in [5.74, 6) is -0.160. The van der Waals surface area contributed by atoms with Gasteiger partial charge >= 0.3 is 0 Å². The molecule has 0 spiro atoms. The Bertz CT molecular complexity index is 877. The molecule has 7 nitrogen and oxygen atoms in total. The van der Waals surface area contributed by atoms with E-state index in [-0.39, 0.29) is 12.6 Å². The average molecular weight is 368 g/mol. The van der Waals surface area contributed by atoms with E-state index in [1.165, 1.54) is 19.3 Å². The van der Waals surface area contributed by atoms with Crippen LogP contribution in [0.3, 0.4) is 0 Å². The lowest BCUT2D eigenvalue weighted by atomic mass is 10.2. The topological polar surface area (TPSA) is 72.9 Å². The SMILES string of the molecule is CCCCCCOC[n+]1cccc(C(=O)NCn2nnc3ccccc32)c1. The first kappa shape index (κ1) is 19.0. The number of carbonyl (C=O) groups is 1. The van der Waals surface area contributed by atoms with Gasteiger partial charge in [0.1, 0.15) is 17.7 Å². The van der Waals surface area contributed by atoms with Crippen molar-refractivity contribution in [1.29, 1.82) is 0 Å². The van der Waals surface area contributed by atoms with Gasteiger partial charge in [-0.25, -0.2) is 4.68 Å². The number of para-hydroxylation sites is 1. The van der Waals surface area contributed by atoms with Crippen LogP contribution in [0, 0.1) is 0 Å². The molecule has 3 rings (SSSR count).